The molecule has 0 aliphatic heterocycles. The molecular weight excluding hydrogens is 284 g/mol. The molecule has 2 atom stereocenters. The van der Waals surface area contributed by atoms with E-state index >= 15 is 0 Å². The SMILES string of the molecule is CCOC(=O)[C@H](NNC(=O)c1ccccc1)[C@H](C)C(=O)CC. The van der Waals surface area contributed by atoms with Gasteiger partial charge in [-0.15, -0.1) is 0 Å². The number of ether oxygens (including phenoxy) is 1. The van der Waals surface area contributed by atoms with Gasteiger partial charge in [0.15, 0.2) is 0 Å². The van der Waals surface area contributed by atoms with E-state index in [1.54, 1.807) is 51.1 Å². The largest absolute Gasteiger partial charge is 0.465 e. The first-order valence-corrected chi connectivity index (χ1v) is 7.31. The molecule has 1 amide bonds. The van der Waals surface area contributed by atoms with Crippen molar-refractivity contribution in [3.63, 3.8) is 0 Å². The Morgan fingerprint density at radius 3 is 2.32 bits per heavy atom. The summed E-state index contributed by atoms with van der Waals surface area (Å²) in [4.78, 5) is 35.8. The fraction of sp³-hybridized carbons (Fsp3) is 0.438. The minimum atomic E-state index is -0.917. The number of rotatable bonds is 8. The summed E-state index contributed by atoms with van der Waals surface area (Å²) in [7, 11) is 0. The summed E-state index contributed by atoms with van der Waals surface area (Å²) in [6.45, 7) is 5.25. The molecule has 1 rings (SSSR count). The number of carbonyl (C=O) groups is 3. The van der Waals surface area contributed by atoms with Gasteiger partial charge in [0.25, 0.3) is 5.91 Å². The van der Waals surface area contributed by atoms with Gasteiger partial charge in [-0.1, -0.05) is 32.0 Å². The molecule has 2 N–H and O–H groups in total. The van der Waals surface area contributed by atoms with Crippen LogP contribution in [0.3, 0.4) is 0 Å². The van der Waals surface area contributed by atoms with Crippen molar-refractivity contribution in [1.29, 1.82) is 0 Å². The number of carbonyl (C=O) groups excluding carboxylic acids is 3. The van der Waals surface area contributed by atoms with Crippen molar-refractivity contribution >= 4 is 17.7 Å². The minimum Gasteiger partial charge on any atom is -0.465 e. The number of amides is 1. The summed E-state index contributed by atoms with van der Waals surface area (Å²) >= 11 is 0. The van der Waals surface area contributed by atoms with Crippen molar-refractivity contribution in [1.82, 2.24) is 10.9 Å². The van der Waals surface area contributed by atoms with Gasteiger partial charge in [-0.25, -0.2) is 5.43 Å². The molecule has 6 nitrogen and oxygen atoms in total. The van der Waals surface area contributed by atoms with E-state index < -0.39 is 17.9 Å². The highest BCUT2D eigenvalue weighted by atomic mass is 16.5. The molecule has 22 heavy (non-hydrogen) atoms. The van der Waals surface area contributed by atoms with Crippen LogP contribution in [0.25, 0.3) is 0 Å². The van der Waals surface area contributed by atoms with Crippen LogP contribution in [-0.4, -0.2) is 30.3 Å². The van der Waals surface area contributed by atoms with Crippen LogP contribution in [0.5, 0.6) is 0 Å². The van der Waals surface area contributed by atoms with Gasteiger partial charge in [0.2, 0.25) is 0 Å². The van der Waals surface area contributed by atoms with Gasteiger partial charge in [0.05, 0.1) is 6.61 Å². The Kier molecular flexibility index (Phi) is 7.25. The van der Waals surface area contributed by atoms with E-state index in [0.29, 0.717) is 12.0 Å². The smallest absolute Gasteiger partial charge is 0.325 e. The Bertz CT molecular complexity index is 516. The molecule has 0 unspecified atom stereocenters. The summed E-state index contributed by atoms with van der Waals surface area (Å²) < 4.78 is 4.95. The number of Topliss-reactive ketones (excluding diaryl/α,β-unsaturated/α-hetero) is 1. The molecule has 6 heteroatoms. The topological polar surface area (TPSA) is 84.5 Å². The van der Waals surface area contributed by atoms with Crippen LogP contribution in [0.2, 0.25) is 0 Å². The van der Waals surface area contributed by atoms with E-state index in [0.717, 1.165) is 0 Å². The average molecular weight is 306 g/mol. The zero-order valence-corrected chi connectivity index (χ0v) is 13.1. The van der Waals surface area contributed by atoms with Crippen molar-refractivity contribution in [3.8, 4) is 0 Å². The molecule has 0 aliphatic rings. The molecular formula is C16H22N2O4. The van der Waals surface area contributed by atoms with Crippen molar-refractivity contribution in [2.75, 3.05) is 6.61 Å². The van der Waals surface area contributed by atoms with Crippen molar-refractivity contribution in [2.45, 2.75) is 33.2 Å². The van der Waals surface area contributed by atoms with Crippen molar-refractivity contribution < 1.29 is 19.1 Å². The van der Waals surface area contributed by atoms with Crippen LogP contribution in [-0.2, 0) is 14.3 Å². The lowest BCUT2D eigenvalue weighted by molar-refractivity contribution is -0.149. The van der Waals surface area contributed by atoms with E-state index in [2.05, 4.69) is 10.9 Å². The van der Waals surface area contributed by atoms with Crippen LogP contribution in [0.1, 0.15) is 37.6 Å². The number of ketones is 1. The zero-order chi connectivity index (χ0) is 16.5. The number of esters is 1. The van der Waals surface area contributed by atoms with Crippen LogP contribution in [0.15, 0.2) is 30.3 Å². The van der Waals surface area contributed by atoms with Crippen molar-refractivity contribution in [3.05, 3.63) is 35.9 Å². The molecule has 0 aliphatic carbocycles. The fourth-order valence-corrected chi connectivity index (χ4v) is 1.93. The van der Waals surface area contributed by atoms with Gasteiger partial charge in [-0.05, 0) is 19.1 Å². The first-order valence-electron chi connectivity index (χ1n) is 7.31. The lowest BCUT2D eigenvalue weighted by Crippen LogP contribution is -2.53. The van der Waals surface area contributed by atoms with E-state index in [9.17, 15) is 14.4 Å². The fourth-order valence-electron chi connectivity index (χ4n) is 1.93. The number of hydrazine groups is 1. The summed E-state index contributed by atoms with van der Waals surface area (Å²) in [5, 5.41) is 0. The third-order valence-corrected chi connectivity index (χ3v) is 3.27. The lowest BCUT2D eigenvalue weighted by atomic mass is 9.96. The van der Waals surface area contributed by atoms with Gasteiger partial charge in [0.1, 0.15) is 11.8 Å². The van der Waals surface area contributed by atoms with Crippen LogP contribution < -0.4 is 10.9 Å². The van der Waals surface area contributed by atoms with E-state index in [4.69, 9.17) is 4.74 Å². The highest BCUT2D eigenvalue weighted by molar-refractivity contribution is 5.94. The molecule has 120 valence electrons. The maximum atomic E-state index is 12.0. The molecule has 1 aromatic carbocycles. The molecule has 0 saturated carbocycles. The Balaban J connectivity index is 2.74. The van der Waals surface area contributed by atoms with Gasteiger partial charge in [-0.2, -0.15) is 0 Å². The van der Waals surface area contributed by atoms with Gasteiger partial charge in [-0.3, -0.25) is 19.8 Å². The molecule has 0 heterocycles. The second kappa shape index (κ2) is 8.94. The summed E-state index contributed by atoms with van der Waals surface area (Å²) in [5.74, 6) is -1.63. The lowest BCUT2D eigenvalue weighted by Gasteiger charge is -2.22. The van der Waals surface area contributed by atoms with E-state index in [1.807, 2.05) is 0 Å². The van der Waals surface area contributed by atoms with Gasteiger partial charge in [0, 0.05) is 17.9 Å². The standard InChI is InChI=1S/C16H22N2O4/c1-4-13(19)11(3)14(16(21)22-5-2)17-18-15(20)12-9-7-6-8-10-12/h6-11,14,17H,4-5H2,1-3H3,(H,18,20)/t11-,14-/m1/s1. The molecule has 0 fully saturated rings. The molecule has 0 radical (unpaired) electrons. The van der Waals surface area contributed by atoms with E-state index in [-0.39, 0.29) is 18.3 Å². The quantitative estimate of drug-likeness (QED) is 0.561. The number of benzene rings is 1. The summed E-state index contributed by atoms with van der Waals surface area (Å²) in [6.07, 6.45) is 0.311. The second-order valence-corrected chi connectivity index (χ2v) is 4.80. The highest BCUT2D eigenvalue weighted by Gasteiger charge is 2.30. The van der Waals surface area contributed by atoms with Crippen LogP contribution in [0.4, 0.5) is 0 Å². The minimum absolute atomic E-state index is 0.0838. The third-order valence-electron chi connectivity index (χ3n) is 3.27. The van der Waals surface area contributed by atoms with Crippen molar-refractivity contribution in [2.24, 2.45) is 5.92 Å². The third kappa shape index (κ3) is 4.96. The number of nitrogens with one attached hydrogen (secondary N) is 2. The average Bonchev–Trinajstić information content (AvgIpc) is 2.54. The first kappa shape index (κ1) is 17.8. The predicted molar refractivity (Wildman–Crippen MR) is 81.9 cm³/mol. The first-order chi connectivity index (χ1) is 10.5. The Labute approximate surface area is 130 Å². The number of hydrogen-bond acceptors (Lipinski definition) is 5. The molecule has 0 aromatic heterocycles. The second-order valence-electron chi connectivity index (χ2n) is 4.80. The summed E-state index contributed by atoms with van der Waals surface area (Å²) in [6, 6.07) is 7.66. The number of hydrogen-bond donors (Lipinski definition) is 2. The molecule has 0 spiro atoms. The van der Waals surface area contributed by atoms with Gasteiger partial charge < -0.3 is 4.74 Å². The molecule has 0 saturated heterocycles. The van der Waals surface area contributed by atoms with Gasteiger partial charge >= 0.3 is 5.97 Å². The predicted octanol–water partition coefficient (Wildman–Crippen LogP) is 1.47. The van der Waals surface area contributed by atoms with Crippen LogP contribution in [0, 0.1) is 5.92 Å². The summed E-state index contributed by atoms with van der Waals surface area (Å²) in [5.41, 5.74) is 5.53. The Hall–Kier alpha value is -2.21. The Morgan fingerprint density at radius 2 is 1.77 bits per heavy atom. The maximum absolute atomic E-state index is 12.0. The highest BCUT2D eigenvalue weighted by Crippen LogP contribution is 2.09. The van der Waals surface area contributed by atoms with Crippen LogP contribution >= 0.6 is 0 Å². The molecule has 0 bridgehead atoms. The maximum Gasteiger partial charge on any atom is 0.325 e. The Morgan fingerprint density at radius 1 is 1.14 bits per heavy atom. The zero-order valence-electron chi connectivity index (χ0n) is 13.1. The normalized spacial score (nSPS) is 13.0. The molecule has 1 aromatic rings. The van der Waals surface area contributed by atoms with E-state index in [1.165, 1.54) is 0 Å². The monoisotopic (exact) mass is 306 g/mol.